The van der Waals surface area contributed by atoms with Crippen LogP contribution in [0, 0.1) is 11.3 Å². The Bertz CT molecular complexity index is 1240. The zero-order valence-electron chi connectivity index (χ0n) is 18.2. The molecule has 3 aromatic carbocycles. The zero-order chi connectivity index (χ0) is 23.4. The van der Waals surface area contributed by atoms with Gasteiger partial charge in [-0.05, 0) is 61.2 Å². The first-order valence-electron chi connectivity index (χ1n) is 10.3. The van der Waals surface area contributed by atoms with Gasteiger partial charge < -0.3 is 19.9 Å². The Morgan fingerprint density at radius 2 is 1.79 bits per heavy atom. The minimum absolute atomic E-state index is 0.0407. The van der Waals surface area contributed by atoms with Crippen molar-refractivity contribution >= 4 is 17.7 Å². The molecular weight excluding hydrogens is 436 g/mol. The monoisotopic (exact) mass is 458 g/mol. The van der Waals surface area contributed by atoms with Gasteiger partial charge >= 0.3 is 5.97 Å². The zero-order valence-corrected chi connectivity index (χ0v) is 19.0. The fourth-order valence-corrected chi connectivity index (χ4v) is 4.07. The standard InChI is InChI=1S/C26H22N2O4S/c1-3-30-18-8-4-17(5-9-18)26(29)31-19-10-13-21-23(14-19)32-25(28)22(15-27)24(21)16-6-11-20(33-2)12-7-16/h4-14,24H,3,28H2,1-2H3. The molecule has 7 heteroatoms. The van der Waals surface area contributed by atoms with Gasteiger partial charge in [0.1, 0.15) is 28.9 Å². The molecule has 33 heavy (non-hydrogen) atoms. The van der Waals surface area contributed by atoms with E-state index in [1.807, 2.05) is 37.4 Å². The van der Waals surface area contributed by atoms with Crippen LogP contribution in [-0.4, -0.2) is 18.8 Å². The molecule has 1 heterocycles. The summed E-state index contributed by atoms with van der Waals surface area (Å²) in [5.74, 6) is 0.617. The van der Waals surface area contributed by atoms with Crippen LogP contribution in [0.25, 0.3) is 0 Å². The van der Waals surface area contributed by atoms with E-state index >= 15 is 0 Å². The molecule has 0 saturated heterocycles. The number of carbonyl (C=O) groups excluding carboxylic acids is 1. The third kappa shape index (κ3) is 4.66. The lowest BCUT2D eigenvalue weighted by molar-refractivity contribution is 0.0734. The van der Waals surface area contributed by atoms with Crippen LogP contribution in [-0.2, 0) is 0 Å². The lowest BCUT2D eigenvalue weighted by Crippen LogP contribution is -2.21. The number of nitrogens with zero attached hydrogens (tertiary/aromatic N) is 1. The molecule has 0 spiro atoms. The topological polar surface area (TPSA) is 94.6 Å². The van der Waals surface area contributed by atoms with Crippen molar-refractivity contribution in [1.29, 1.82) is 5.26 Å². The molecule has 6 nitrogen and oxygen atoms in total. The summed E-state index contributed by atoms with van der Waals surface area (Å²) < 4.78 is 16.7. The van der Waals surface area contributed by atoms with E-state index < -0.39 is 5.97 Å². The maximum atomic E-state index is 12.6. The summed E-state index contributed by atoms with van der Waals surface area (Å²) in [6.07, 6.45) is 2.01. The number of hydrogen-bond donors (Lipinski definition) is 1. The summed E-state index contributed by atoms with van der Waals surface area (Å²) in [5, 5.41) is 9.72. The van der Waals surface area contributed by atoms with Crippen molar-refractivity contribution in [2.45, 2.75) is 17.7 Å². The third-order valence-electron chi connectivity index (χ3n) is 5.25. The smallest absolute Gasteiger partial charge is 0.343 e. The molecule has 1 atom stereocenters. The lowest BCUT2D eigenvalue weighted by atomic mass is 9.83. The second-order valence-electron chi connectivity index (χ2n) is 7.24. The van der Waals surface area contributed by atoms with Crippen LogP contribution >= 0.6 is 11.8 Å². The number of hydrogen-bond acceptors (Lipinski definition) is 7. The van der Waals surface area contributed by atoms with Crippen LogP contribution < -0.4 is 19.9 Å². The molecule has 3 aromatic rings. The Morgan fingerprint density at radius 3 is 2.42 bits per heavy atom. The van der Waals surface area contributed by atoms with Crippen molar-refractivity contribution in [1.82, 2.24) is 0 Å². The van der Waals surface area contributed by atoms with E-state index in [-0.39, 0.29) is 11.8 Å². The highest BCUT2D eigenvalue weighted by molar-refractivity contribution is 7.98. The van der Waals surface area contributed by atoms with Crippen LogP contribution in [0.3, 0.4) is 0 Å². The first-order chi connectivity index (χ1) is 16.0. The fourth-order valence-electron chi connectivity index (χ4n) is 3.66. The molecule has 1 unspecified atom stereocenters. The van der Waals surface area contributed by atoms with Gasteiger partial charge in [0.15, 0.2) is 0 Å². The molecule has 0 aromatic heterocycles. The van der Waals surface area contributed by atoms with E-state index in [9.17, 15) is 10.1 Å². The molecule has 0 aliphatic carbocycles. The van der Waals surface area contributed by atoms with Crippen LogP contribution in [0.15, 0.2) is 83.1 Å². The van der Waals surface area contributed by atoms with Gasteiger partial charge in [-0.25, -0.2) is 4.79 Å². The van der Waals surface area contributed by atoms with E-state index in [0.29, 0.717) is 35.0 Å². The highest BCUT2D eigenvalue weighted by atomic mass is 32.2. The normalized spacial score (nSPS) is 14.6. The number of nitriles is 1. The molecule has 0 radical (unpaired) electrons. The summed E-state index contributed by atoms with van der Waals surface area (Å²) >= 11 is 1.64. The SMILES string of the molecule is CCOc1ccc(C(=O)Oc2ccc3c(c2)OC(N)=C(C#N)C3c2ccc(SC)cc2)cc1. The number of carbonyl (C=O) groups is 1. The molecule has 2 N–H and O–H groups in total. The van der Waals surface area contributed by atoms with Gasteiger partial charge in [-0.15, -0.1) is 11.8 Å². The molecular formula is C26H22N2O4S. The Balaban J connectivity index is 1.62. The van der Waals surface area contributed by atoms with E-state index in [1.54, 1.807) is 54.2 Å². The van der Waals surface area contributed by atoms with Gasteiger partial charge in [0.2, 0.25) is 5.88 Å². The number of nitrogens with two attached hydrogens (primary N) is 1. The number of benzene rings is 3. The lowest BCUT2D eigenvalue weighted by Gasteiger charge is -2.26. The van der Waals surface area contributed by atoms with Crippen molar-refractivity contribution in [3.05, 3.63) is 94.9 Å². The van der Waals surface area contributed by atoms with Crippen LogP contribution in [0.5, 0.6) is 17.2 Å². The molecule has 1 aliphatic heterocycles. The number of ether oxygens (including phenoxy) is 3. The predicted octanol–water partition coefficient (Wildman–Crippen LogP) is 5.24. The second kappa shape index (κ2) is 9.72. The van der Waals surface area contributed by atoms with Crippen LogP contribution in [0.1, 0.15) is 34.3 Å². The fraction of sp³-hybridized carbons (Fsp3) is 0.154. The van der Waals surface area contributed by atoms with Gasteiger partial charge in [-0.1, -0.05) is 18.2 Å². The third-order valence-corrected chi connectivity index (χ3v) is 5.99. The number of fused-ring (bicyclic) bond motifs is 1. The van der Waals surface area contributed by atoms with Crippen molar-refractivity contribution < 1.29 is 19.0 Å². The van der Waals surface area contributed by atoms with Gasteiger partial charge in [-0.3, -0.25) is 0 Å². The second-order valence-corrected chi connectivity index (χ2v) is 8.12. The average Bonchev–Trinajstić information content (AvgIpc) is 2.84. The van der Waals surface area contributed by atoms with Gasteiger partial charge in [0, 0.05) is 16.5 Å². The minimum atomic E-state index is -0.501. The molecule has 0 saturated carbocycles. The van der Waals surface area contributed by atoms with E-state index in [0.717, 1.165) is 16.0 Å². The molecule has 1 aliphatic rings. The molecule has 166 valence electrons. The first kappa shape index (κ1) is 22.3. The molecule has 0 fully saturated rings. The van der Waals surface area contributed by atoms with E-state index in [4.69, 9.17) is 19.9 Å². The van der Waals surface area contributed by atoms with Crippen molar-refractivity contribution in [2.75, 3.05) is 12.9 Å². The predicted molar refractivity (Wildman–Crippen MR) is 127 cm³/mol. The maximum absolute atomic E-state index is 12.6. The Kier molecular flexibility index (Phi) is 6.57. The first-order valence-corrected chi connectivity index (χ1v) is 11.6. The minimum Gasteiger partial charge on any atom is -0.494 e. The number of rotatable bonds is 6. The molecule has 0 bridgehead atoms. The van der Waals surface area contributed by atoms with Crippen molar-refractivity contribution in [3.8, 4) is 23.3 Å². The quantitative estimate of drug-likeness (QED) is 0.306. The van der Waals surface area contributed by atoms with Crippen molar-refractivity contribution in [3.63, 3.8) is 0 Å². The highest BCUT2D eigenvalue weighted by Crippen LogP contribution is 2.43. The van der Waals surface area contributed by atoms with Crippen LogP contribution in [0.2, 0.25) is 0 Å². The highest BCUT2D eigenvalue weighted by Gasteiger charge is 2.31. The van der Waals surface area contributed by atoms with Gasteiger partial charge in [0.05, 0.1) is 18.1 Å². The van der Waals surface area contributed by atoms with Gasteiger partial charge in [0.25, 0.3) is 0 Å². The van der Waals surface area contributed by atoms with Gasteiger partial charge in [-0.2, -0.15) is 5.26 Å². The molecule has 0 amide bonds. The van der Waals surface area contributed by atoms with E-state index in [1.165, 1.54) is 0 Å². The van der Waals surface area contributed by atoms with Crippen molar-refractivity contribution in [2.24, 2.45) is 5.73 Å². The average molecular weight is 459 g/mol. The number of thioether (sulfide) groups is 1. The molecule has 4 rings (SSSR count). The van der Waals surface area contributed by atoms with E-state index in [2.05, 4.69) is 6.07 Å². The summed E-state index contributed by atoms with van der Waals surface area (Å²) in [6.45, 7) is 2.44. The Morgan fingerprint density at radius 1 is 1.09 bits per heavy atom. The summed E-state index contributed by atoms with van der Waals surface area (Å²) in [4.78, 5) is 13.7. The summed E-state index contributed by atoms with van der Waals surface area (Å²) in [6, 6.07) is 22.0. The summed E-state index contributed by atoms with van der Waals surface area (Å²) in [7, 11) is 0. The number of esters is 1. The maximum Gasteiger partial charge on any atom is 0.343 e. The van der Waals surface area contributed by atoms with Crippen LogP contribution in [0.4, 0.5) is 0 Å². The Hall–Kier alpha value is -3.89. The largest absolute Gasteiger partial charge is 0.494 e. The Labute approximate surface area is 196 Å². The number of allylic oxidation sites excluding steroid dienone is 1. The summed E-state index contributed by atoms with van der Waals surface area (Å²) in [5.41, 5.74) is 8.53.